The number of ether oxygens (including phenoxy) is 2. The molecule has 0 radical (unpaired) electrons. The molecule has 2 N–H and O–H groups in total. The van der Waals surface area contributed by atoms with Crippen molar-refractivity contribution in [1.82, 2.24) is 4.90 Å². The smallest absolute Gasteiger partial charge is 0.161 e. The number of benzene rings is 2. The lowest BCUT2D eigenvalue weighted by atomic mass is 9.78. The van der Waals surface area contributed by atoms with Gasteiger partial charge in [0.15, 0.2) is 11.5 Å². The summed E-state index contributed by atoms with van der Waals surface area (Å²) < 4.78 is 11.0. The zero-order valence-corrected chi connectivity index (χ0v) is 15.9. The van der Waals surface area contributed by atoms with Crippen LogP contribution in [0.5, 0.6) is 11.5 Å². The van der Waals surface area contributed by atoms with E-state index in [-0.39, 0.29) is 6.04 Å². The van der Waals surface area contributed by atoms with Crippen molar-refractivity contribution in [2.24, 2.45) is 5.73 Å². The molecule has 0 amide bonds. The summed E-state index contributed by atoms with van der Waals surface area (Å²) in [5.41, 5.74) is 12.1. The first-order chi connectivity index (χ1) is 12.6. The van der Waals surface area contributed by atoms with Crippen LogP contribution in [0.2, 0.25) is 0 Å². The third-order valence-corrected chi connectivity index (χ3v) is 6.03. The minimum absolute atomic E-state index is 0.164. The minimum Gasteiger partial charge on any atom is -0.493 e. The Morgan fingerprint density at radius 2 is 1.85 bits per heavy atom. The Morgan fingerprint density at radius 1 is 1.08 bits per heavy atom. The number of hydrogen-bond donors (Lipinski definition) is 1. The first-order valence-electron chi connectivity index (χ1n) is 9.41. The van der Waals surface area contributed by atoms with E-state index < -0.39 is 0 Å². The van der Waals surface area contributed by atoms with Crippen LogP contribution in [-0.4, -0.2) is 38.3 Å². The Bertz CT molecular complexity index is 805. The second-order valence-corrected chi connectivity index (χ2v) is 7.59. The van der Waals surface area contributed by atoms with Crippen molar-refractivity contribution in [2.75, 3.05) is 27.3 Å². The molecule has 4 rings (SSSR count). The maximum Gasteiger partial charge on any atom is 0.161 e. The Labute approximate surface area is 155 Å². The highest BCUT2D eigenvalue weighted by Gasteiger charge is 2.38. The van der Waals surface area contributed by atoms with Crippen LogP contribution in [0.25, 0.3) is 0 Å². The average molecular weight is 352 g/mol. The van der Waals surface area contributed by atoms with E-state index in [1.807, 2.05) is 0 Å². The van der Waals surface area contributed by atoms with E-state index >= 15 is 0 Å². The highest BCUT2D eigenvalue weighted by Crippen LogP contribution is 2.44. The fourth-order valence-corrected chi connectivity index (χ4v) is 4.64. The number of aryl methyl sites for hydroxylation is 1. The number of nitrogens with zero attached hydrogens (tertiary/aromatic N) is 1. The van der Waals surface area contributed by atoms with Crippen molar-refractivity contribution < 1.29 is 9.47 Å². The molecule has 3 atom stereocenters. The molecule has 2 aromatic rings. The van der Waals surface area contributed by atoms with Gasteiger partial charge in [-0.15, -0.1) is 0 Å². The molecule has 0 bridgehead atoms. The summed E-state index contributed by atoms with van der Waals surface area (Å²) in [5, 5.41) is 0. The van der Waals surface area contributed by atoms with Crippen LogP contribution < -0.4 is 15.2 Å². The molecule has 0 aliphatic carbocycles. The van der Waals surface area contributed by atoms with Crippen LogP contribution in [0, 0.1) is 6.92 Å². The van der Waals surface area contributed by atoms with Crippen molar-refractivity contribution in [3.8, 4) is 11.5 Å². The van der Waals surface area contributed by atoms with E-state index in [2.05, 4.69) is 48.2 Å². The van der Waals surface area contributed by atoms with E-state index in [0.717, 1.165) is 37.4 Å². The highest BCUT2D eigenvalue weighted by atomic mass is 16.5. The lowest BCUT2D eigenvalue weighted by Crippen LogP contribution is -2.49. The Morgan fingerprint density at radius 3 is 2.58 bits per heavy atom. The molecule has 1 fully saturated rings. The van der Waals surface area contributed by atoms with Crippen LogP contribution in [0.3, 0.4) is 0 Å². The molecule has 4 nitrogen and oxygen atoms in total. The maximum atomic E-state index is 6.67. The largest absolute Gasteiger partial charge is 0.493 e. The normalized spacial score (nSPS) is 25.3. The van der Waals surface area contributed by atoms with Crippen molar-refractivity contribution in [2.45, 2.75) is 37.8 Å². The quantitative estimate of drug-likeness (QED) is 0.919. The second-order valence-electron chi connectivity index (χ2n) is 7.59. The Balaban J connectivity index is 1.64. The van der Waals surface area contributed by atoms with Crippen LogP contribution in [0.1, 0.15) is 40.6 Å². The highest BCUT2D eigenvalue weighted by molar-refractivity contribution is 5.50. The van der Waals surface area contributed by atoms with Gasteiger partial charge < -0.3 is 15.2 Å². The number of fused-ring (bicyclic) bond motifs is 3. The fraction of sp³-hybridized carbons (Fsp3) is 0.455. The number of nitrogens with two attached hydrogens (primary N) is 1. The SMILES string of the molecule is COc1cc2c(cc1OC)C1C[C@@H](N)[C@@H](c3cccc(C)c3)CN1CC2. The fourth-order valence-electron chi connectivity index (χ4n) is 4.64. The molecule has 0 saturated carbocycles. The van der Waals surface area contributed by atoms with Crippen molar-refractivity contribution in [3.63, 3.8) is 0 Å². The van der Waals surface area contributed by atoms with E-state index in [4.69, 9.17) is 15.2 Å². The van der Waals surface area contributed by atoms with Gasteiger partial charge in [-0.25, -0.2) is 0 Å². The van der Waals surface area contributed by atoms with Gasteiger partial charge in [0.25, 0.3) is 0 Å². The van der Waals surface area contributed by atoms with Gasteiger partial charge in [0.05, 0.1) is 14.2 Å². The summed E-state index contributed by atoms with van der Waals surface area (Å²) in [7, 11) is 3.40. The first-order valence-corrected chi connectivity index (χ1v) is 9.41. The standard InChI is InChI=1S/C22H28N2O2/c1-14-5-4-6-15(9-14)18-13-24-8-7-16-10-21(25-2)22(26-3)11-17(16)20(24)12-19(18)23/h4-6,9-11,18-20H,7-8,12-13,23H2,1-3H3/t18-,19-,20?/m1/s1. The summed E-state index contributed by atoms with van der Waals surface area (Å²) in [5.74, 6) is 2.02. The van der Waals surface area contributed by atoms with E-state index in [1.54, 1.807) is 14.2 Å². The van der Waals surface area contributed by atoms with Gasteiger partial charge in [-0.1, -0.05) is 29.8 Å². The van der Waals surface area contributed by atoms with Gasteiger partial charge in [0, 0.05) is 31.1 Å². The van der Waals surface area contributed by atoms with Crippen molar-refractivity contribution in [1.29, 1.82) is 0 Å². The van der Waals surface area contributed by atoms with Crippen molar-refractivity contribution in [3.05, 3.63) is 58.7 Å². The topological polar surface area (TPSA) is 47.7 Å². The molecule has 0 spiro atoms. The van der Waals surface area contributed by atoms with Crippen LogP contribution >= 0.6 is 0 Å². The molecular formula is C22H28N2O2. The van der Waals surface area contributed by atoms with Gasteiger partial charge in [-0.3, -0.25) is 4.90 Å². The number of methoxy groups -OCH3 is 2. The molecule has 2 heterocycles. The molecule has 26 heavy (non-hydrogen) atoms. The van der Waals surface area contributed by atoms with Gasteiger partial charge in [0.2, 0.25) is 0 Å². The number of piperidine rings is 1. The monoisotopic (exact) mass is 352 g/mol. The number of rotatable bonds is 3. The summed E-state index contributed by atoms with van der Waals surface area (Å²) in [6.45, 7) is 4.24. The Kier molecular flexibility index (Phi) is 4.63. The van der Waals surface area contributed by atoms with Crippen molar-refractivity contribution >= 4 is 0 Å². The summed E-state index contributed by atoms with van der Waals surface area (Å²) >= 11 is 0. The second kappa shape index (κ2) is 6.93. The third kappa shape index (κ3) is 2.97. The minimum atomic E-state index is 0.164. The van der Waals surface area contributed by atoms with E-state index in [0.29, 0.717) is 12.0 Å². The summed E-state index contributed by atoms with van der Waals surface area (Å²) in [6.07, 6.45) is 2.02. The molecule has 2 aliphatic rings. The van der Waals surface area contributed by atoms with Gasteiger partial charge in [0.1, 0.15) is 0 Å². The van der Waals surface area contributed by atoms with E-state index in [9.17, 15) is 0 Å². The molecule has 4 heteroatoms. The molecule has 2 aromatic carbocycles. The van der Waals surface area contributed by atoms with Crippen LogP contribution in [0.4, 0.5) is 0 Å². The van der Waals surface area contributed by atoms with Crippen LogP contribution in [0.15, 0.2) is 36.4 Å². The molecule has 138 valence electrons. The molecule has 2 aliphatic heterocycles. The first kappa shape index (κ1) is 17.4. The maximum absolute atomic E-state index is 6.67. The van der Waals surface area contributed by atoms with Gasteiger partial charge in [-0.2, -0.15) is 0 Å². The van der Waals surface area contributed by atoms with Gasteiger partial charge in [-0.05, 0) is 48.6 Å². The average Bonchev–Trinajstić information content (AvgIpc) is 2.66. The number of hydrogen-bond acceptors (Lipinski definition) is 4. The predicted octanol–water partition coefficient (Wildman–Crippen LogP) is 3.43. The third-order valence-electron chi connectivity index (χ3n) is 6.03. The molecule has 0 aromatic heterocycles. The lowest BCUT2D eigenvalue weighted by molar-refractivity contribution is 0.109. The summed E-state index contributed by atoms with van der Waals surface area (Å²) in [6, 6.07) is 13.6. The van der Waals surface area contributed by atoms with Crippen LogP contribution in [-0.2, 0) is 6.42 Å². The molecule has 1 unspecified atom stereocenters. The van der Waals surface area contributed by atoms with Gasteiger partial charge >= 0.3 is 0 Å². The van der Waals surface area contributed by atoms with E-state index in [1.165, 1.54) is 22.3 Å². The molecular weight excluding hydrogens is 324 g/mol. The lowest BCUT2D eigenvalue weighted by Gasteiger charge is -2.46. The zero-order chi connectivity index (χ0) is 18.3. The Hall–Kier alpha value is -2.04. The molecule has 1 saturated heterocycles. The zero-order valence-electron chi connectivity index (χ0n) is 15.9. The summed E-state index contributed by atoms with van der Waals surface area (Å²) in [4.78, 5) is 2.60. The predicted molar refractivity (Wildman–Crippen MR) is 104 cm³/mol.